The Morgan fingerprint density at radius 3 is 3.00 bits per heavy atom. The van der Waals surface area contributed by atoms with Gasteiger partial charge in [-0.3, -0.25) is 0 Å². The number of benzene rings is 1. The number of hydrogen-bond acceptors (Lipinski definition) is 3. The Labute approximate surface area is 109 Å². The summed E-state index contributed by atoms with van der Waals surface area (Å²) in [5.41, 5.74) is 0.977. The maximum absolute atomic E-state index is 4.51. The lowest BCUT2D eigenvalue weighted by molar-refractivity contribution is 0.333. The minimum Gasteiger partial charge on any atom is -0.354 e. The van der Waals surface area contributed by atoms with E-state index in [2.05, 4.69) is 31.2 Å². The van der Waals surface area contributed by atoms with Crippen LogP contribution in [0.3, 0.4) is 0 Å². The highest BCUT2D eigenvalue weighted by atomic mass is 79.9. The number of rotatable bonds is 3. The van der Waals surface area contributed by atoms with E-state index in [1.807, 2.05) is 24.4 Å². The van der Waals surface area contributed by atoms with Crippen LogP contribution in [0.15, 0.2) is 28.9 Å². The van der Waals surface area contributed by atoms with E-state index >= 15 is 0 Å². The topological polar surface area (TPSA) is 37.8 Å². The summed E-state index contributed by atoms with van der Waals surface area (Å²) in [6, 6.07) is 6.01. The zero-order chi connectivity index (χ0) is 11.7. The molecule has 0 radical (unpaired) electrons. The van der Waals surface area contributed by atoms with Gasteiger partial charge in [-0.05, 0) is 30.9 Å². The number of aromatic nitrogens is 2. The van der Waals surface area contributed by atoms with Gasteiger partial charge in [0.25, 0.3) is 0 Å². The third-order valence-electron chi connectivity index (χ3n) is 3.35. The van der Waals surface area contributed by atoms with Crippen LogP contribution in [0.5, 0.6) is 0 Å². The Morgan fingerprint density at radius 2 is 2.24 bits per heavy atom. The van der Waals surface area contributed by atoms with E-state index in [0.717, 1.165) is 33.8 Å². The van der Waals surface area contributed by atoms with Crippen LogP contribution in [0.1, 0.15) is 19.3 Å². The first-order valence-electron chi connectivity index (χ1n) is 5.98. The predicted octanol–water partition coefficient (Wildman–Crippen LogP) is 3.60. The van der Waals surface area contributed by atoms with Crippen molar-refractivity contribution in [3.8, 4) is 0 Å². The normalized spacial score (nSPS) is 15.8. The highest BCUT2D eigenvalue weighted by molar-refractivity contribution is 9.10. The molecule has 1 aliphatic rings. The van der Waals surface area contributed by atoms with Crippen LogP contribution in [0, 0.1) is 5.92 Å². The minimum absolute atomic E-state index is 0.738. The molecule has 2 aromatic rings. The molecule has 0 aliphatic heterocycles. The molecule has 1 fully saturated rings. The number of nitrogens with one attached hydrogen (secondary N) is 1. The number of fused-ring (bicyclic) bond motifs is 1. The first-order chi connectivity index (χ1) is 8.33. The van der Waals surface area contributed by atoms with Crippen molar-refractivity contribution >= 4 is 32.8 Å². The molecule has 0 unspecified atom stereocenters. The number of halogens is 1. The highest BCUT2D eigenvalue weighted by Crippen LogP contribution is 2.26. The van der Waals surface area contributed by atoms with Crippen molar-refractivity contribution in [2.45, 2.75) is 19.3 Å². The Bertz CT molecular complexity index is 537. The van der Waals surface area contributed by atoms with Crippen molar-refractivity contribution in [2.75, 3.05) is 11.9 Å². The maximum Gasteiger partial charge on any atom is 0.223 e. The van der Waals surface area contributed by atoms with E-state index in [-0.39, 0.29) is 0 Å². The second-order valence-electron chi connectivity index (χ2n) is 4.54. The quantitative estimate of drug-likeness (QED) is 0.939. The molecule has 0 atom stereocenters. The summed E-state index contributed by atoms with van der Waals surface area (Å²) in [5.74, 6) is 1.55. The van der Waals surface area contributed by atoms with Crippen molar-refractivity contribution in [1.29, 1.82) is 0 Å². The van der Waals surface area contributed by atoms with E-state index < -0.39 is 0 Å². The van der Waals surface area contributed by atoms with Crippen LogP contribution in [0.25, 0.3) is 10.9 Å². The van der Waals surface area contributed by atoms with Gasteiger partial charge in [0.15, 0.2) is 0 Å². The summed E-state index contributed by atoms with van der Waals surface area (Å²) in [4.78, 5) is 8.86. The molecule has 0 spiro atoms. The van der Waals surface area contributed by atoms with E-state index in [1.165, 1.54) is 19.3 Å². The summed E-state index contributed by atoms with van der Waals surface area (Å²) in [5, 5.41) is 4.38. The van der Waals surface area contributed by atoms with Gasteiger partial charge in [0, 0.05) is 22.6 Å². The maximum atomic E-state index is 4.51. The SMILES string of the molecule is Brc1cccc2nc(NCC3CCC3)ncc12. The van der Waals surface area contributed by atoms with Gasteiger partial charge < -0.3 is 5.32 Å². The lowest BCUT2D eigenvalue weighted by atomic mass is 9.85. The minimum atomic E-state index is 0.738. The molecular formula is C13H14BrN3. The second kappa shape index (κ2) is 4.61. The first-order valence-corrected chi connectivity index (χ1v) is 6.77. The molecule has 1 aliphatic carbocycles. The molecule has 1 N–H and O–H groups in total. The zero-order valence-corrected chi connectivity index (χ0v) is 11.1. The second-order valence-corrected chi connectivity index (χ2v) is 5.40. The van der Waals surface area contributed by atoms with Crippen LogP contribution >= 0.6 is 15.9 Å². The van der Waals surface area contributed by atoms with Crippen LogP contribution in [-0.2, 0) is 0 Å². The van der Waals surface area contributed by atoms with Crippen LogP contribution < -0.4 is 5.32 Å². The van der Waals surface area contributed by atoms with Crippen molar-refractivity contribution in [2.24, 2.45) is 5.92 Å². The van der Waals surface area contributed by atoms with Crippen molar-refractivity contribution < 1.29 is 0 Å². The van der Waals surface area contributed by atoms with Gasteiger partial charge >= 0.3 is 0 Å². The fraction of sp³-hybridized carbons (Fsp3) is 0.385. The molecule has 0 saturated heterocycles. The molecule has 1 heterocycles. The van der Waals surface area contributed by atoms with Gasteiger partial charge in [0.2, 0.25) is 5.95 Å². The van der Waals surface area contributed by atoms with E-state index in [9.17, 15) is 0 Å². The van der Waals surface area contributed by atoms with E-state index in [0.29, 0.717) is 0 Å². The Hall–Kier alpha value is -1.16. The molecule has 17 heavy (non-hydrogen) atoms. The van der Waals surface area contributed by atoms with Crippen LogP contribution in [-0.4, -0.2) is 16.5 Å². The standard InChI is InChI=1S/C13H14BrN3/c14-11-5-2-6-12-10(11)8-16-13(17-12)15-7-9-3-1-4-9/h2,5-6,8-9H,1,3-4,7H2,(H,15,16,17). The van der Waals surface area contributed by atoms with Crippen LogP contribution in [0.4, 0.5) is 5.95 Å². The Morgan fingerprint density at radius 1 is 1.35 bits per heavy atom. The smallest absolute Gasteiger partial charge is 0.223 e. The molecule has 0 amide bonds. The summed E-state index contributed by atoms with van der Waals surface area (Å²) in [6.45, 7) is 1.000. The van der Waals surface area contributed by atoms with Crippen LogP contribution in [0.2, 0.25) is 0 Å². The molecule has 1 aromatic heterocycles. The van der Waals surface area contributed by atoms with Gasteiger partial charge in [-0.2, -0.15) is 0 Å². The molecular weight excluding hydrogens is 278 g/mol. The van der Waals surface area contributed by atoms with E-state index in [1.54, 1.807) is 0 Å². The highest BCUT2D eigenvalue weighted by Gasteiger charge is 2.17. The first kappa shape index (κ1) is 11.0. The summed E-state index contributed by atoms with van der Waals surface area (Å²) in [7, 11) is 0. The zero-order valence-electron chi connectivity index (χ0n) is 9.49. The van der Waals surface area contributed by atoms with Gasteiger partial charge in [0.05, 0.1) is 5.52 Å². The number of anilines is 1. The fourth-order valence-electron chi connectivity index (χ4n) is 2.04. The molecule has 3 nitrogen and oxygen atoms in total. The monoisotopic (exact) mass is 291 g/mol. The third kappa shape index (κ3) is 2.27. The molecule has 0 bridgehead atoms. The average Bonchev–Trinajstić information content (AvgIpc) is 2.27. The number of hydrogen-bond donors (Lipinski definition) is 1. The van der Waals surface area contributed by atoms with Crippen molar-refractivity contribution in [1.82, 2.24) is 9.97 Å². The third-order valence-corrected chi connectivity index (χ3v) is 4.04. The number of nitrogens with zero attached hydrogens (tertiary/aromatic N) is 2. The van der Waals surface area contributed by atoms with Crippen molar-refractivity contribution in [3.05, 3.63) is 28.9 Å². The molecule has 1 saturated carbocycles. The largest absolute Gasteiger partial charge is 0.354 e. The molecule has 1 aromatic carbocycles. The van der Waals surface area contributed by atoms with Gasteiger partial charge in [-0.25, -0.2) is 9.97 Å². The predicted molar refractivity (Wildman–Crippen MR) is 73.1 cm³/mol. The molecule has 88 valence electrons. The summed E-state index contributed by atoms with van der Waals surface area (Å²) < 4.78 is 1.04. The van der Waals surface area contributed by atoms with E-state index in [4.69, 9.17) is 0 Å². The van der Waals surface area contributed by atoms with Gasteiger partial charge in [-0.1, -0.05) is 28.4 Å². The van der Waals surface area contributed by atoms with Gasteiger partial charge in [0.1, 0.15) is 0 Å². The summed E-state index contributed by atoms with van der Waals surface area (Å²) in [6.07, 6.45) is 5.92. The average molecular weight is 292 g/mol. The lowest BCUT2D eigenvalue weighted by Gasteiger charge is -2.25. The van der Waals surface area contributed by atoms with Crippen molar-refractivity contribution in [3.63, 3.8) is 0 Å². The lowest BCUT2D eigenvalue weighted by Crippen LogP contribution is -2.21. The fourth-order valence-corrected chi connectivity index (χ4v) is 2.50. The van der Waals surface area contributed by atoms with Gasteiger partial charge in [-0.15, -0.1) is 0 Å². The summed E-state index contributed by atoms with van der Waals surface area (Å²) >= 11 is 3.50. The molecule has 3 rings (SSSR count). The molecule has 4 heteroatoms. The Kier molecular flexibility index (Phi) is 2.97. The Balaban J connectivity index is 1.81.